The predicted octanol–water partition coefficient (Wildman–Crippen LogP) is 4.04. The van der Waals surface area contributed by atoms with Gasteiger partial charge in [0.25, 0.3) is 0 Å². The van der Waals surface area contributed by atoms with Gasteiger partial charge in [0.05, 0.1) is 25.0 Å². The van der Waals surface area contributed by atoms with Crippen molar-refractivity contribution in [2.24, 2.45) is 0 Å². The van der Waals surface area contributed by atoms with Crippen LogP contribution in [0.5, 0.6) is 5.75 Å². The number of methoxy groups -OCH3 is 1. The van der Waals surface area contributed by atoms with E-state index in [1.165, 1.54) is 31.2 Å². The van der Waals surface area contributed by atoms with Crippen molar-refractivity contribution < 1.29 is 4.74 Å². The van der Waals surface area contributed by atoms with Crippen molar-refractivity contribution in [2.75, 3.05) is 12.4 Å². The maximum atomic E-state index is 5.23. The minimum Gasteiger partial charge on any atom is -0.497 e. The van der Waals surface area contributed by atoms with Crippen LogP contribution >= 0.6 is 12.4 Å². The molecule has 0 amide bonds. The Hall–Kier alpha value is -1.68. The summed E-state index contributed by atoms with van der Waals surface area (Å²) in [5.74, 6) is 0.894. The second-order valence-electron chi connectivity index (χ2n) is 5.35. The van der Waals surface area contributed by atoms with Crippen molar-refractivity contribution in [3.8, 4) is 5.75 Å². The summed E-state index contributed by atoms with van der Waals surface area (Å²) in [5.41, 5.74) is 2.29. The van der Waals surface area contributed by atoms with Gasteiger partial charge in [0, 0.05) is 12.7 Å². The fourth-order valence-corrected chi connectivity index (χ4v) is 2.78. The molecule has 0 bridgehead atoms. The predicted molar refractivity (Wildman–Crippen MR) is 87.3 cm³/mol. The molecule has 0 saturated heterocycles. The SMILES string of the molecule is COc1cccc(CNc2cnn(C3CCCC3)c2)c1.Cl. The van der Waals surface area contributed by atoms with Crippen LogP contribution < -0.4 is 10.1 Å². The molecule has 114 valence electrons. The Kier molecular flexibility index (Phi) is 5.51. The highest BCUT2D eigenvalue weighted by atomic mass is 35.5. The van der Waals surface area contributed by atoms with Gasteiger partial charge >= 0.3 is 0 Å². The van der Waals surface area contributed by atoms with Gasteiger partial charge < -0.3 is 10.1 Å². The van der Waals surface area contributed by atoms with Gasteiger partial charge in [-0.1, -0.05) is 25.0 Å². The lowest BCUT2D eigenvalue weighted by molar-refractivity contribution is 0.414. The maximum absolute atomic E-state index is 5.23. The molecule has 1 aliphatic carbocycles. The highest BCUT2D eigenvalue weighted by Crippen LogP contribution is 2.29. The molecule has 1 heterocycles. The highest BCUT2D eigenvalue weighted by molar-refractivity contribution is 5.85. The third kappa shape index (κ3) is 3.91. The quantitative estimate of drug-likeness (QED) is 0.906. The zero-order chi connectivity index (χ0) is 13.8. The van der Waals surface area contributed by atoms with E-state index in [9.17, 15) is 0 Å². The first-order valence-corrected chi connectivity index (χ1v) is 7.26. The fraction of sp³-hybridized carbons (Fsp3) is 0.438. The monoisotopic (exact) mass is 307 g/mol. The van der Waals surface area contributed by atoms with Crippen LogP contribution in [0.3, 0.4) is 0 Å². The standard InChI is InChI=1S/C16H21N3O.ClH/c1-20-16-8-4-5-13(9-16)10-17-14-11-18-19(12-14)15-6-2-3-7-15;/h4-5,8-9,11-12,15,17H,2-3,6-7,10H2,1H3;1H. The molecule has 4 nitrogen and oxygen atoms in total. The van der Waals surface area contributed by atoms with Crippen molar-refractivity contribution in [3.05, 3.63) is 42.2 Å². The number of nitrogens with zero attached hydrogens (tertiary/aromatic N) is 2. The summed E-state index contributed by atoms with van der Waals surface area (Å²) in [6.07, 6.45) is 9.22. The average Bonchev–Trinajstić information content (AvgIpc) is 3.16. The van der Waals surface area contributed by atoms with E-state index in [1.807, 2.05) is 24.4 Å². The van der Waals surface area contributed by atoms with E-state index in [-0.39, 0.29) is 12.4 Å². The van der Waals surface area contributed by atoms with Gasteiger partial charge in [0.15, 0.2) is 0 Å². The number of hydrogen-bond donors (Lipinski definition) is 1. The average molecular weight is 308 g/mol. The van der Waals surface area contributed by atoms with Crippen LogP contribution in [-0.4, -0.2) is 16.9 Å². The first kappa shape index (κ1) is 15.7. The summed E-state index contributed by atoms with van der Waals surface area (Å²) < 4.78 is 7.35. The van der Waals surface area contributed by atoms with Gasteiger partial charge in [-0.15, -0.1) is 12.4 Å². The Morgan fingerprint density at radius 2 is 2.14 bits per heavy atom. The van der Waals surface area contributed by atoms with Crippen LogP contribution in [0.2, 0.25) is 0 Å². The first-order chi connectivity index (χ1) is 9.85. The lowest BCUT2D eigenvalue weighted by Gasteiger charge is -2.09. The normalized spacial score (nSPS) is 14.7. The Labute approximate surface area is 131 Å². The largest absolute Gasteiger partial charge is 0.497 e. The molecule has 1 N–H and O–H groups in total. The molecular formula is C16H22ClN3O. The zero-order valence-electron chi connectivity index (χ0n) is 12.3. The van der Waals surface area contributed by atoms with Crippen molar-refractivity contribution >= 4 is 18.1 Å². The molecule has 1 aliphatic rings. The highest BCUT2D eigenvalue weighted by Gasteiger charge is 2.17. The molecule has 0 atom stereocenters. The molecule has 0 spiro atoms. The molecule has 1 aromatic carbocycles. The number of benzene rings is 1. The topological polar surface area (TPSA) is 39.1 Å². The van der Waals surface area contributed by atoms with E-state index in [1.54, 1.807) is 7.11 Å². The van der Waals surface area contributed by atoms with E-state index in [2.05, 4.69) is 27.4 Å². The molecule has 1 fully saturated rings. The molecule has 5 heteroatoms. The lowest BCUT2D eigenvalue weighted by Crippen LogP contribution is -2.04. The Bertz CT molecular complexity index is 564. The second-order valence-corrected chi connectivity index (χ2v) is 5.35. The summed E-state index contributed by atoms with van der Waals surface area (Å²) in [6.45, 7) is 0.785. The van der Waals surface area contributed by atoms with E-state index in [0.29, 0.717) is 6.04 Å². The van der Waals surface area contributed by atoms with Crippen LogP contribution in [0.1, 0.15) is 37.3 Å². The van der Waals surface area contributed by atoms with Gasteiger partial charge in [0.2, 0.25) is 0 Å². The Balaban J connectivity index is 0.00000161. The Morgan fingerprint density at radius 3 is 2.90 bits per heavy atom. The lowest BCUT2D eigenvalue weighted by atomic mass is 10.2. The number of ether oxygens (including phenoxy) is 1. The molecule has 0 aliphatic heterocycles. The van der Waals surface area contributed by atoms with Crippen molar-refractivity contribution in [3.63, 3.8) is 0 Å². The molecule has 21 heavy (non-hydrogen) atoms. The van der Waals surface area contributed by atoms with E-state index >= 15 is 0 Å². The van der Waals surface area contributed by atoms with Gasteiger partial charge in [-0.3, -0.25) is 4.68 Å². The number of anilines is 1. The van der Waals surface area contributed by atoms with Gasteiger partial charge in [-0.05, 0) is 30.5 Å². The van der Waals surface area contributed by atoms with Crippen molar-refractivity contribution in [1.29, 1.82) is 0 Å². The molecule has 1 saturated carbocycles. The maximum Gasteiger partial charge on any atom is 0.119 e. The molecule has 3 rings (SSSR count). The van der Waals surface area contributed by atoms with E-state index in [4.69, 9.17) is 4.74 Å². The summed E-state index contributed by atoms with van der Waals surface area (Å²) >= 11 is 0. The summed E-state index contributed by atoms with van der Waals surface area (Å²) in [7, 11) is 1.69. The minimum absolute atomic E-state index is 0. The van der Waals surface area contributed by atoms with E-state index < -0.39 is 0 Å². The van der Waals surface area contributed by atoms with E-state index in [0.717, 1.165) is 18.0 Å². The number of hydrogen-bond acceptors (Lipinski definition) is 3. The molecule has 0 radical (unpaired) electrons. The summed E-state index contributed by atoms with van der Waals surface area (Å²) in [6, 6.07) is 8.72. The molecule has 0 unspecified atom stereocenters. The van der Waals surface area contributed by atoms with Crippen LogP contribution in [-0.2, 0) is 6.54 Å². The van der Waals surface area contributed by atoms with Gasteiger partial charge in [-0.2, -0.15) is 5.10 Å². The van der Waals surface area contributed by atoms with Gasteiger partial charge in [0.1, 0.15) is 5.75 Å². The summed E-state index contributed by atoms with van der Waals surface area (Å²) in [5, 5.41) is 7.89. The smallest absolute Gasteiger partial charge is 0.119 e. The molecule has 2 aromatic rings. The molecule has 1 aromatic heterocycles. The number of aromatic nitrogens is 2. The van der Waals surface area contributed by atoms with Crippen molar-refractivity contribution in [2.45, 2.75) is 38.3 Å². The zero-order valence-corrected chi connectivity index (χ0v) is 13.1. The fourth-order valence-electron chi connectivity index (χ4n) is 2.78. The summed E-state index contributed by atoms with van der Waals surface area (Å²) in [4.78, 5) is 0. The van der Waals surface area contributed by atoms with Crippen LogP contribution in [0.15, 0.2) is 36.7 Å². The number of halogens is 1. The molecular weight excluding hydrogens is 286 g/mol. The number of nitrogens with one attached hydrogen (secondary N) is 1. The van der Waals surface area contributed by atoms with Crippen LogP contribution in [0, 0.1) is 0 Å². The van der Waals surface area contributed by atoms with Gasteiger partial charge in [-0.25, -0.2) is 0 Å². The number of rotatable bonds is 5. The van der Waals surface area contributed by atoms with Crippen LogP contribution in [0.4, 0.5) is 5.69 Å². The first-order valence-electron chi connectivity index (χ1n) is 7.26. The third-order valence-electron chi connectivity index (χ3n) is 3.93. The Morgan fingerprint density at radius 1 is 1.33 bits per heavy atom. The minimum atomic E-state index is 0. The second kappa shape index (κ2) is 7.36. The third-order valence-corrected chi connectivity index (χ3v) is 3.93. The van der Waals surface area contributed by atoms with Crippen LogP contribution in [0.25, 0.3) is 0 Å². The van der Waals surface area contributed by atoms with Crippen molar-refractivity contribution in [1.82, 2.24) is 9.78 Å².